The van der Waals surface area contributed by atoms with Gasteiger partial charge in [0.15, 0.2) is 0 Å². The molecule has 1 rings (SSSR count). The van der Waals surface area contributed by atoms with E-state index in [0.29, 0.717) is 4.47 Å². The van der Waals surface area contributed by atoms with Crippen LogP contribution in [0.25, 0.3) is 0 Å². The standard InChI is InChI=1S/C15H19BrF3NO3S/c1-15(2,3)24(22)20-12(14(21)23-4)11(13(18)19)9-7-8(16)5-6-10(9)17/h5-7,11-13,20H,1-4H3/t11?,12?,24-/m0/s1. The maximum atomic E-state index is 14.1. The summed E-state index contributed by atoms with van der Waals surface area (Å²) in [5.41, 5.74) is -0.367. The fourth-order valence-electron chi connectivity index (χ4n) is 1.92. The predicted octanol–water partition coefficient (Wildman–Crippen LogP) is 3.53. The molecule has 0 aromatic heterocycles. The molecule has 1 N–H and O–H groups in total. The molecule has 1 aromatic rings. The van der Waals surface area contributed by atoms with Crippen molar-refractivity contribution >= 4 is 32.9 Å². The van der Waals surface area contributed by atoms with Crippen molar-refractivity contribution in [3.8, 4) is 0 Å². The lowest BCUT2D eigenvalue weighted by atomic mass is 9.92. The van der Waals surface area contributed by atoms with Crippen LogP contribution in [0, 0.1) is 5.82 Å². The van der Waals surface area contributed by atoms with Crippen LogP contribution in [-0.2, 0) is 20.5 Å². The largest absolute Gasteiger partial charge is 0.468 e. The number of methoxy groups -OCH3 is 1. The zero-order valence-corrected chi connectivity index (χ0v) is 16.0. The zero-order valence-electron chi connectivity index (χ0n) is 13.6. The van der Waals surface area contributed by atoms with Crippen molar-refractivity contribution in [2.24, 2.45) is 0 Å². The van der Waals surface area contributed by atoms with Gasteiger partial charge in [0.25, 0.3) is 0 Å². The highest BCUT2D eigenvalue weighted by Gasteiger charge is 2.41. The van der Waals surface area contributed by atoms with Crippen LogP contribution in [0.4, 0.5) is 13.2 Å². The van der Waals surface area contributed by atoms with Crippen LogP contribution < -0.4 is 4.72 Å². The molecule has 2 unspecified atom stereocenters. The highest BCUT2D eigenvalue weighted by atomic mass is 79.9. The summed E-state index contributed by atoms with van der Waals surface area (Å²) >= 11 is 3.09. The summed E-state index contributed by atoms with van der Waals surface area (Å²) in [5.74, 6) is -3.79. The second-order valence-corrected chi connectivity index (χ2v) is 8.94. The Labute approximate surface area is 149 Å². The molecule has 0 spiro atoms. The van der Waals surface area contributed by atoms with Gasteiger partial charge < -0.3 is 4.74 Å². The van der Waals surface area contributed by atoms with Gasteiger partial charge in [0, 0.05) is 4.47 Å². The number of hydrogen-bond acceptors (Lipinski definition) is 3. The van der Waals surface area contributed by atoms with Gasteiger partial charge in [0.2, 0.25) is 6.43 Å². The summed E-state index contributed by atoms with van der Waals surface area (Å²) in [6, 6.07) is 1.88. The summed E-state index contributed by atoms with van der Waals surface area (Å²) in [6.45, 7) is 4.84. The highest BCUT2D eigenvalue weighted by Crippen LogP contribution is 2.32. The SMILES string of the molecule is COC(=O)C(N[S@@](=O)C(C)(C)C)C(c1cc(Br)ccc1F)C(F)F. The van der Waals surface area contributed by atoms with Crippen LogP contribution in [0.5, 0.6) is 0 Å². The Morgan fingerprint density at radius 2 is 1.92 bits per heavy atom. The van der Waals surface area contributed by atoms with Gasteiger partial charge in [-0.15, -0.1) is 0 Å². The molecule has 136 valence electrons. The van der Waals surface area contributed by atoms with E-state index in [2.05, 4.69) is 25.4 Å². The average molecular weight is 430 g/mol. The van der Waals surface area contributed by atoms with Crippen molar-refractivity contribution in [1.82, 2.24) is 4.72 Å². The molecule has 0 fully saturated rings. The van der Waals surface area contributed by atoms with Gasteiger partial charge in [0.05, 0.1) is 28.8 Å². The summed E-state index contributed by atoms with van der Waals surface area (Å²) in [5, 5.41) is 0. The highest BCUT2D eigenvalue weighted by molar-refractivity contribution is 9.10. The predicted molar refractivity (Wildman–Crippen MR) is 89.7 cm³/mol. The quantitative estimate of drug-likeness (QED) is 0.703. The maximum Gasteiger partial charge on any atom is 0.324 e. The summed E-state index contributed by atoms with van der Waals surface area (Å²) in [6.07, 6.45) is -3.08. The van der Waals surface area contributed by atoms with Crippen LogP contribution in [0.15, 0.2) is 22.7 Å². The van der Waals surface area contributed by atoms with Gasteiger partial charge in [-0.2, -0.15) is 0 Å². The molecule has 1 aromatic carbocycles. The van der Waals surface area contributed by atoms with E-state index in [1.54, 1.807) is 20.8 Å². The summed E-state index contributed by atoms with van der Waals surface area (Å²) in [4.78, 5) is 12.0. The fraction of sp³-hybridized carbons (Fsp3) is 0.533. The number of carbonyl (C=O) groups is 1. The van der Waals surface area contributed by atoms with Gasteiger partial charge in [-0.1, -0.05) is 15.9 Å². The zero-order chi connectivity index (χ0) is 18.7. The minimum atomic E-state index is -3.08. The van der Waals surface area contributed by atoms with Crippen LogP contribution in [-0.4, -0.2) is 34.5 Å². The van der Waals surface area contributed by atoms with Crippen LogP contribution in [0.3, 0.4) is 0 Å². The Hall–Kier alpha value is -0.930. The topological polar surface area (TPSA) is 55.4 Å². The van der Waals surface area contributed by atoms with Crippen LogP contribution in [0.2, 0.25) is 0 Å². The van der Waals surface area contributed by atoms with Gasteiger partial charge in [-0.05, 0) is 44.5 Å². The lowest BCUT2D eigenvalue weighted by Crippen LogP contribution is -2.49. The molecule has 0 bridgehead atoms. The molecule has 0 aliphatic rings. The molecule has 0 saturated heterocycles. The third-order valence-corrected chi connectivity index (χ3v) is 5.27. The first kappa shape index (κ1) is 21.1. The minimum Gasteiger partial charge on any atom is -0.468 e. The fourth-order valence-corrected chi connectivity index (χ4v) is 3.12. The first-order valence-corrected chi connectivity index (χ1v) is 8.92. The molecular formula is C15H19BrF3NO3S. The van der Waals surface area contributed by atoms with Gasteiger partial charge in [0.1, 0.15) is 11.9 Å². The number of carbonyl (C=O) groups excluding carboxylic acids is 1. The van der Waals surface area contributed by atoms with Gasteiger partial charge in [-0.3, -0.25) is 4.79 Å². The van der Waals surface area contributed by atoms with Crippen LogP contribution >= 0.6 is 15.9 Å². The lowest BCUT2D eigenvalue weighted by molar-refractivity contribution is -0.144. The van der Waals surface area contributed by atoms with Crippen molar-refractivity contribution in [3.05, 3.63) is 34.1 Å². The Morgan fingerprint density at radius 3 is 2.38 bits per heavy atom. The first-order valence-electron chi connectivity index (χ1n) is 6.98. The molecule has 0 aliphatic heterocycles. The lowest BCUT2D eigenvalue weighted by Gasteiger charge is -2.28. The number of nitrogens with one attached hydrogen (secondary N) is 1. The number of halogens is 4. The smallest absolute Gasteiger partial charge is 0.324 e. The third-order valence-electron chi connectivity index (χ3n) is 3.19. The Kier molecular flexibility index (Phi) is 7.43. The molecular weight excluding hydrogens is 411 g/mol. The molecule has 24 heavy (non-hydrogen) atoms. The average Bonchev–Trinajstić information content (AvgIpc) is 2.47. The number of ether oxygens (including phenoxy) is 1. The number of benzene rings is 1. The van der Waals surface area contributed by atoms with E-state index in [-0.39, 0.29) is 5.56 Å². The first-order chi connectivity index (χ1) is 11.0. The Morgan fingerprint density at radius 1 is 1.33 bits per heavy atom. The number of alkyl halides is 2. The normalized spacial score (nSPS) is 15.9. The molecule has 4 nitrogen and oxygen atoms in total. The molecule has 3 atom stereocenters. The second kappa shape index (κ2) is 8.44. The van der Waals surface area contributed by atoms with Gasteiger partial charge in [-0.25, -0.2) is 22.1 Å². The monoisotopic (exact) mass is 429 g/mol. The van der Waals surface area contributed by atoms with Crippen molar-refractivity contribution in [2.45, 2.75) is 43.9 Å². The number of esters is 1. The molecule has 0 aliphatic carbocycles. The van der Waals surface area contributed by atoms with Crippen molar-refractivity contribution < 1.29 is 26.9 Å². The van der Waals surface area contributed by atoms with E-state index in [9.17, 15) is 22.2 Å². The molecule has 0 radical (unpaired) electrons. The number of rotatable bonds is 6. The van der Waals surface area contributed by atoms with Crippen molar-refractivity contribution in [1.29, 1.82) is 0 Å². The third kappa shape index (κ3) is 5.29. The van der Waals surface area contributed by atoms with E-state index < -0.39 is 45.9 Å². The van der Waals surface area contributed by atoms with E-state index in [0.717, 1.165) is 13.2 Å². The molecule has 9 heteroatoms. The molecule has 0 heterocycles. The van der Waals surface area contributed by atoms with Crippen molar-refractivity contribution in [2.75, 3.05) is 7.11 Å². The van der Waals surface area contributed by atoms with E-state index >= 15 is 0 Å². The van der Waals surface area contributed by atoms with Crippen molar-refractivity contribution in [3.63, 3.8) is 0 Å². The van der Waals surface area contributed by atoms with Gasteiger partial charge >= 0.3 is 5.97 Å². The van der Waals surface area contributed by atoms with Crippen LogP contribution in [0.1, 0.15) is 32.3 Å². The van der Waals surface area contributed by atoms with E-state index in [4.69, 9.17) is 0 Å². The summed E-state index contributed by atoms with van der Waals surface area (Å²) in [7, 11) is -0.806. The van der Waals surface area contributed by atoms with E-state index in [1.165, 1.54) is 12.1 Å². The maximum absolute atomic E-state index is 14.1. The number of hydrogen-bond donors (Lipinski definition) is 1. The summed E-state index contributed by atoms with van der Waals surface area (Å²) < 4.78 is 60.1. The Bertz CT molecular complexity index is 622. The second-order valence-electron chi connectivity index (χ2n) is 6.03. The van der Waals surface area contributed by atoms with E-state index in [1.807, 2.05) is 0 Å². The Balaban J connectivity index is 3.36. The molecule has 0 saturated carbocycles. The minimum absolute atomic E-state index is 0.367. The molecule has 0 amide bonds.